The van der Waals surface area contributed by atoms with Crippen molar-refractivity contribution in [3.05, 3.63) is 95.6 Å². The van der Waals surface area contributed by atoms with Gasteiger partial charge in [0.1, 0.15) is 23.3 Å². The molecule has 31 heavy (non-hydrogen) atoms. The van der Waals surface area contributed by atoms with Crippen LogP contribution < -0.4 is 9.47 Å². The van der Waals surface area contributed by atoms with Crippen LogP contribution in [0.3, 0.4) is 0 Å². The highest BCUT2D eigenvalue weighted by molar-refractivity contribution is 5.49. The molecule has 5 heteroatoms. The highest BCUT2D eigenvalue weighted by Crippen LogP contribution is 2.43. The highest BCUT2D eigenvalue weighted by Gasteiger charge is 2.41. The minimum Gasteiger partial charge on any atom is -0.497 e. The third-order valence-electron chi connectivity index (χ3n) is 5.39. The fourth-order valence-corrected chi connectivity index (χ4v) is 3.84. The zero-order valence-corrected chi connectivity index (χ0v) is 18.8. The van der Waals surface area contributed by atoms with E-state index < -0.39 is 17.9 Å². The van der Waals surface area contributed by atoms with Crippen molar-refractivity contribution in [2.24, 2.45) is 0 Å². The van der Waals surface area contributed by atoms with E-state index in [1.54, 1.807) is 21.1 Å². The molecule has 0 aromatic heterocycles. The maximum atomic E-state index is 10.5. The van der Waals surface area contributed by atoms with Gasteiger partial charge in [-0.15, -0.1) is 0 Å². The molecule has 164 valence electrons. The molecule has 0 radical (unpaired) electrons. The summed E-state index contributed by atoms with van der Waals surface area (Å²) < 4.78 is 17.6. The summed E-state index contributed by atoms with van der Waals surface area (Å²) in [7, 11) is 7.09. The quantitative estimate of drug-likeness (QED) is 0.413. The summed E-state index contributed by atoms with van der Waals surface area (Å²) in [5.74, 6) is 1.53. The summed E-state index contributed by atoms with van der Waals surface area (Å²) >= 11 is 0. The van der Waals surface area contributed by atoms with Gasteiger partial charge in [-0.1, -0.05) is 54.6 Å². The molecule has 0 aliphatic rings. The van der Waals surface area contributed by atoms with Crippen LogP contribution in [-0.4, -0.2) is 50.7 Å². The van der Waals surface area contributed by atoms with E-state index in [0.29, 0.717) is 0 Å². The predicted molar refractivity (Wildman–Crippen MR) is 123 cm³/mol. The Morgan fingerprint density at radius 2 is 1.13 bits per heavy atom. The van der Waals surface area contributed by atoms with E-state index in [9.17, 15) is 5.11 Å². The Morgan fingerprint density at radius 3 is 1.48 bits per heavy atom. The lowest BCUT2D eigenvalue weighted by molar-refractivity contribution is -0.155. The van der Waals surface area contributed by atoms with E-state index in [-0.39, 0.29) is 0 Å². The van der Waals surface area contributed by atoms with E-state index in [2.05, 4.69) is 0 Å². The lowest BCUT2D eigenvalue weighted by atomic mass is 9.79. The Bertz CT molecular complexity index is 882. The second-order valence-electron chi connectivity index (χ2n) is 7.72. The van der Waals surface area contributed by atoms with Gasteiger partial charge in [-0.3, -0.25) is 4.90 Å². The molecule has 3 aromatic rings. The molecule has 2 atom stereocenters. The monoisotopic (exact) mass is 421 g/mol. The van der Waals surface area contributed by atoms with Crippen LogP contribution >= 0.6 is 0 Å². The summed E-state index contributed by atoms with van der Waals surface area (Å²) in [6.07, 6.45) is -1.26. The highest BCUT2D eigenvalue weighted by atomic mass is 16.5. The van der Waals surface area contributed by atoms with Crippen molar-refractivity contribution < 1.29 is 19.3 Å². The van der Waals surface area contributed by atoms with Crippen molar-refractivity contribution in [1.82, 2.24) is 4.90 Å². The number of nitrogens with zero attached hydrogens (tertiary/aromatic N) is 1. The van der Waals surface area contributed by atoms with Gasteiger partial charge >= 0.3 is 0 Å². The smallest absolute Gasteiger partial charge is 0.145 e. The molecule has 0 bridgehead atoms. The number of aliphatic hydroxyl groups excluding tert-OH is 1. The molecule has 2 unspecified atom stereocenters. The van der Waals surface area contributed by atoms with Crippen molar-refractivity contribution in [1.29, 1.82) is 0 Å². The number of methoxy groups -OCH3 is 2. The lowest BCUT2D eigenvalue weighted by Crippen LogP contribution is -2.47. The Kier molecular flexibility index (Phi) is 7.33. The van der Waals surface area contributed by atoms with E-state index in [0.717, 1.165) is 28.2 Å². The molecular formula is C26H31NO4. The van der Waals surface area contributed by atoms with E-state index in [1.807, 2.05) is 97.9 Å². The summed E-state index contributed by atoms with van der Waals surface area (Å²) in [4.78, 5) is 1.88. The first-order valence-electron chi connectivity index (χ1n) is 10.3. The SMILES string of the molecule is COc1ccc(C(OC(C(C)O)N(C)C)(c2ccccc2)c2ccc(OC)cc2)cc1. The van der Waals surface area contributed by atoms with Gasteiger partial charge in [-0.2, -0.15) is 0 Å². The average Bonchev–Trinajstić information content (AvgIpc) is 2.80. The first kappa shape index (κ1) is 22.8. The number of hydrogen-bond acceptors (Lipinski definition) is 5. The van der Waals surface area contributed by atoms with Crippen LogP contribution in [0.1, 0.15) is 23.6 Å². The van der Waals surface area contributed by atoms with Crippen molar-refractivity contribution in [2.75, 3.05) is 28.3 Å². The minimum atomic E-state index is -0.967. The third kappa shape index (κ3) is 4.74. The molecular weight excluding hydrogens is 390 g/mol. The number of hydrogen-bond donors (Lipinski definition) is 1. The first-order chi connectivity index (χ1) is 14.9. The fourth-order valence-electron chi connectivity index (χ4n) is 3.84. The molecule has 0 spiro atoms. The summed E-state index contributed by atoms with van der Waals surface area (Å²) in [5, 5.41) is 10.5. The number of ether oxygens (including phenoxy) is 3. The minimum absolute atomic E-state index is 0.551. The summed E-state index contributed by atoms with van der Waals surface area (Å²) in [5.41, 5.74) is 1.85. The number of benzene rings is 3. The maximum absolute atomic E-state index is 10.5. The molecule has 1 N–H and O–H groups in total. The van der Waals surface area contributed by atoms with Crippen LogP contribution in [-0.2, 0) is 10.3 Å². The second kappa shape index (κ2) is 9.96. The van der Waals surface area contributed by atoms with Crippen LogP contribution in [0, 0.1) is 0 Å². The van der Waals surface area contributed by atoms with Gasteiger partial charge in [0.05, 0.1) is 20.3 Å². The number of aliphatic hydroxyl groups is 1. The van der Waals surface area contributed by atoms with Gasteiger partial charge in [0, 0.05) is 0 Å². The van der Waals surface area contributed by atoms with Crippen LogP contribution in [0.15, 0.2) is 78.9 Å². The maximum Gasteiger partial charge on any atom is 0.145 e. The Morgan fingerprint density at radius 1 is 0.710 bits per heavy atom. The molecule has 0 amide bonds. The normalized spacial score (nSPS) is 13.6. The van der Waals surface area contributed by atoms with Gasteiger partial charge < -0.3 is 19.3 Å². The van der Waals surface area contributed by atoms with E-state index in [1.165, 1.54) is 0 Å². The molecule has 0 aliphatic carbocycles. The predicted octanol–water partition coefficient (Wildman–Crippen LogP) is 4.28. The van der Waals surface area contributed by atoms with Gasteiger partial charge in [0.25, 0.3) is 0 Å². The molecule has 0 fully saturated rings. The Hall–Kier alpha value is -2.86. The summed E-state index contributed by atoms with van der Waals surface area (Å²) in [6, 6.07) is 25.8. The molecule has 0 aliphatic heterocycles. The van der Waals surface area contributed by atoms with Gasteiger partial charge in [0.15, 0.2) is 0 Å². The van der Waals surface area contributed by atoms with Gasteiger partial charge in [0.2, 0.25) is 0 Å². The Balaban J connectivity index is 2.30. The number of rotatable bonds is 9. The molecule has 0 heterocycles. The largest absolute Gasteiger partial charge is 0.497 e. The topological polar surface area (TPSA) is 51.2 Å². The Labute approximate surface area is 184 Å². The third-order valence-corrected chi connectivity index (χ3v) is 5.39. The zero-order chi connectivity index (χ0) is 22.4. The first-order valence-corrected chi connectivity index (χ1v) is 10.3. The molecule has 0 saturated heterocycles. The van der Waals surface area contributed by atoms with Crippen LogP contribution in [0.2, 0.25) is 0 Å². The van der Waals surface area contributed by atoms with Crippen LogP contribution in [0.25, 0.3) is 0 Å². The van der Waals surface area contributed by atoms with Crippen molar-refractivity contribution in [3.8, 4) is 11.5 Å². The molecule has 0 saturated carbocycles. The van der Waals surface area contributed by atoms with Crippen molar-refractivity contribution >= 4 is 0 Å². The average molecular weight is 422 g/mol. The van der Waals surface area contributed by atoms with E-state index >= 15 is 0 Å². The van der Waals surface area contributed by atoms with Crippen molar-refractivity contribution in [3.63, 3.8) is 0 Å². The van der Waals surface area contributed by atoms with Gasteiger partial charge in [-0.25, -0.2) is 0 Å². The molecule has 3 aromatic carbocycles. The van der Waals surface area contributed by atoms with E-state index in [4.69, 9.17) is 14.2 Å². The fraction of sp³-hybridized carbons (Fsp3) is 0.308. The summed E-state index contributed by atoms with van der Waals surface area (Å²) in [6.45, 7) is 1.74. The molecule has 5 nitrogen and oxygen atoms in total. The lowest BCUT2D eigenvalue weighted by Gasteiger charge is -2.41. The zero-order valence-electron chi connectivity index (χ0n) is 18.8. The van der Waals surface area contributed by atoms with Gasteiger partial charge in [-0.05, 0) is 62.0 Å². The molecule has 3 rings (SSSR count). The second-order valence-corrected chi connectivity index (χ2v) is 7.72. The van der Waals surface area contributed by atoms with Crippen LogP contribution in [0.4, 0.5) is 0 Å². The number of likely N-dealkylation sites (N-methyl/N-ethyl adjacent to an activating group) is 1. The van der Waals surface area contributed by atoms with Crippen LogP contribution in [0.5, 0.6) is 11.5 Å². The standard InChI is InChI=1S/C26H31NO4/c1-19(28)25(27(2)3)31-26(20-9-7-6-8-10-20,21-11-15-23(29-4)16-12-21)22-13-17-24(30-5)18-14-22/h6-19,25,28H,1-5H3. The van der Waals surface area contributed by atoms with Crippen molar-refractivity contribution in [2.45, 2.75) is 24.9 Å².